The summed E-state index contributed by atoms with van der Waals surface area (Å²) in [7, 11) is 0. The van der Waals surface area contributed by atoms with Crippen molar-refractivity contribution < 1.29 is 9.18 Å². The van der Waals surface area contributed by atoms with Gasteiger partial charge in [-0.05, 0) is 37.1 Å². The maximum Gasteiger partial charge on any atom is 0.237 e. The number of nitrogens with zero attached hydrogens (tertiary/aromatic N) is 2. The Bertz CT molecular complexity index is 978. The van der Waals surface area contributed by atoms with Gasteiger partial charge in [0.2, 0.25) is 5.91 Å². The van der Waals surface area contributed by atoms with Crippen LogP contribution in [0, 0.1) is 5.82 Å². The molecule has 6 heteroatoms. The van der Waals surface area contributed by atoms with E-state index in [-0.39, 0.29) is 17.8 Å². The van der Waals surface area contributed by atoms with E-state index in [2.05, 4.69) is 27.3 Å². The Labute approximate surface area is 170 Å². The number of carbonyl (C=O) groups excluding carboxylic acids is 1. The van der Waals surface area contributed by atoms with Crippen molar-refractivity contribution in [2.24, 2.45) is 0 Å². The third kappa shape index (κ3) is 4.27. The molecule has 2 heterocycles. The third-order valence-corrected chi connectivity index (χ3v) is 5.80. The van der Waals surface area contributed by atoms with Gasteiger partial charge in [-0.3, -0.25) is 9.69 Å². The molecule has 1 aliphatic heterocycles. The van der Waals surface area contributed by atoms with Gasteiger partial charge < -0.3 is 15.2 Å². The largest absolute Gasteiger partial charge is 0.367 e. The van der Waals surface area contributed by atoms with E-state index in [0.29, 0.717) is 25.3 Å². The first-order chi connectivity index (χ1) is 14.1. The number of H-pyrrole nitrogens is 1. The molecule has 1 unspecified atom stereocenters. The lowest BCUT2D eigenvalue weighted by molar-refractivity contribution is -0.125. The Hall–Kier alpha value is -2.86. The van der Waals surface area contributed by atoms with Gasteiger partial charge in [0, 0.05) is 49.8 Å². The number of hydrogen-bond acceptors (Lipinski definition) is 3. The molecule has 0 spiro atoms. The van der Waals surface area contributed by atoms with Crippen molar-refractivity contribution in [3.8, 4) is 0 Å². The quantitative estimate of drug-likeness (QED) is 0.675. The highest BCUT2D eigenvalue weighted by Gasteiger charge is 2.26. The average Bonchev–Trinajstić information content (AvgIpc) is 3.17. The van der Waals surface area contributed by atoms with Gasteiger partial charge in [-0.1, -0.05) is 30.3 Å². The average molecular weight is 394 g/mol. The van der Waals surface area contributed by atoms with Gasteiger partial charge in [0.25, 0.3) is 0 Å². The minimum Gasteiger partial charge on any atom is -0.367 e. The van der Waals surface area contributed by atoms with Crippen LogP contribution in [-0.2, 0) is 11.2 Å². The molecule has 0 aliphatic carbocycles. The highest BCUT2D eigenvalue weighted by molar-refractivity contribution is 5.83. The van der Waals surface area contributed by atoms with E-state index in [1.807, 2.05) is 42.3 Å². The first-order valence-corrected chi connectivity index (χ1v) is 10.2. The van der Waals surface area contributed by atoms with Crippen LogP contribution >= 0.6 is 0 Å². The molecule has 1 saturated heterocycles. The normalized spacial score (nSPS) is 16.1. The van der Waals surface area contributed by atoms with E-state index >= 15 is 0 Å². The maximum absolute atomic E-state index is 14.0. The number of benzene rings is 2. The number of hydrogen-bond donors (Lipinski definition) is 2. The molecule has 0 bridgehead atoms. The Kier molecular flexibility index (Phi) is 5.81. The van der Waals surface area contributed by atoms with Crippen molar-refractivity contribution >= 4 is 22.5 Å². The van der Waals surface area contributed by atoms with E-state index in [1.54, 1.807) is 6.07 Å². The van der Waals surface area contributed by atoms with Crippen molar-refractivity contribution in [1.29, 1.82) is 0 Å². The number of piperazine rings is 1. The van der Waals surface area contributed by atoms with Gasteiger partial charge in [-0.2, -0.15) is 0 Å². The molecule has 1 fully saturated rings. The molecule has 1 amide bonds. The standard InChI is InChI=1S/C23H27FN4O/c1-17(27-12-14-28(15-13-27)22-9-5-3-7-20(22)24)23(29)25-11-10-18-16-26-21-8-4-2-6-19(18)21/h2-9,16-17,26H,10-15H2,1H3,(H,25,29). The number of fused-ring (bicyclic) bond motifs is 1. The second kappa shape index (κ2) is 8.66. The minimum atomic E-state index is -0.194. The van der Waals surface area contributed by atoms with Crippen LogP contribution in [0.2, 0.25) is 0 Å². The van der Waals surface area contributed by atoms with E-state index < -0.39 is 0 Å². The van der Waals surface area contributed by atoms with Crippen LogP contribution in [0.5, 0.6) is 0 Å². The van der Waals surface area contributed by atoms with E-state index in [9.17, 15) is 9.18 Å². The third-order valence-electron chi connectivity index (χ3n) is 5.80. The van der Waals surface area contributed by atoms with Crippen LogP contribution in [0.15, 0.2) is 54.7 Å². The maximum atomic E-state index is 14.0. The van der Waals surface area contributed by atoms with Gasteiger partial charge in [0.05, 0.1) is 11.7 Å². The van der Waals surface area contributed by atoms with Crippen molar-refractivity contribution in [3.63, 3.8) is 0 Å². The van der Waals surface area contributed by atoms with Gasteiger partial charge in [-0.15, -0.1) is 0 Å². The molecule has 1 aromatic heterocycles. The van der Waals surface area contributed by atoms with Crippen molar-refractivity contribution in [1.82, 2.24) is 15.2 Å². The fourth-order valence-corrected chi connectivity index (χ4v) is 4.03. The molecule has 2 aromatic carbocycles. The van der Waals surface area contributed by atoms with Crippen LogP contribution in [0.25, 0.3) is 10.9 Å². The molecule has 0 saturated carbocycles. The lowest BCUT2D eigenvalue weighted by atomic mass is 10.1. The Balaban J connectivity index is 1.26. The summed E-state index contributed by atoms with van der Waals surface area (Å²) in [5.74, 6) is -0.145. The number of halogens is 1. The Morgan fingerprint density at radius 1 is 1.10 bits per heavy atom. The summed E-state index contributed by atoms with van der Waals surface area (Å²) >= 11 is 0. The fourth-order valence-electron chi connectivity index (χ4n) is 4.03. The molecule has 1 aliphatic rings. The predicted molar refractivity (Wildman–Crippen MR) is 115 cm³/mol. The number of aromatic nitrogens is 1. The van der Waals surface area contributed by atoms with Crippen LogP contribution in [0.1, 0.15) is 12.5 Å². The molecule has 0 radical (unpaired) electrons. The Morgan fingerprint density at radius 2 is 1.83 bits per heavy atom. The molecular formula is C23H27FN4O. The summed E-state index contributed by atoms with van der Waals surface area (Å²) in [4.78, 5) is 20.1. The van der Waals surface area contributed by atoms with Crippen molar-refractivity contribution in [2.75, 3.05) is 37.6 Å². The smallest absolute Gasteiger partial charge is 0.237 e. The summed E-state index contributed by atoms with van der Waals surface area (Å²) in [5, 5.41) is 4.27. The zero-order valence-electron chi connectivity index (χ0n) is 16.7. The summed E-state index contributed by atoms with van der Waals surface area (Å²) in [5.41, 5.74) is 2.98. The molecule has 3 aromatic rings. The van der Waals surface area contributed by atoms with Crippen LogP contribution in [0.3, 0.4) is 0 Å². The van der Waals surface area contributed by atoms with E-state index in [4.69, 9.17) is 0 Å². The van der Waals surface area contributed by atoms with Crippen LogP contribution < -0.4 is 10.2 Å². The summed E-state index contributed by atoms with van der Waals surface area (Å²) in [6, 6.07) is 14.9. The van der Waals surface area contributed by atoms with Crippen LogP contribution in [-0.4, -0.2) is 54.6 Å². The highest BCUT2D eigenvalue weighted by atomic mass is 19.1. The molecule has 152 valence electrons. The zero-order chi connectivity index (χ0) is 20.2. The van der Waals surface area contributed by atoms with Gasteiger partial charge in [-0.25, -0.2) is 4.39 Å². The SMILES string of the molecule is CC(C(=O)NCCc1c[nH]c2ccccc12)N1CCN(c2ccccc2F)CC1. The summed E-state index contributed by atoms with van der Waals surface area (Å²) in [6.45, 7) is 5.47. The lowest BCUT2D eigenvalue weighted by Crippen LogP contribution is -2.54. The molecule has 4 rings (SSSR count). The second-order valence-corrected chi connectivity index (χ2v) is 7.55. The molecule has 2 N–H and O–H groups in total. The second-order valence-electron chi connectivity index (χ2n) is 7.55. The minimum absolute atomic E-state index is 0.0455. The molecule has 5 nitrogen and oxygen atoms in total. The van der Waals surface area contributed by atoms with Gasteiger partial charge in [0.15, 0.2) is 0 Å². The number of para-hydroxylation sites is 2. The number of amides is 1. The first-order valence-electron chi connectivity index (χ1n) is 10.2. The van der Waals surface area contributed by atoms with Crippen molar-refractivity contribution in [3.05, 3.63) is 66.1 Å². The Morgan fingerprint density at radius 3 is 2.62 bits per heavy atom. The topological polar surface area (TPSA) is 51.4 Å². The summed E-state index contributed by atoms with van der Waals surface area (Å²) < 4.78 is 14.0. The van der Waals surface area contributed by atoms with Crippen molar-refractivity contribution in [2.45, 2.75) is 19.4 Å². The fraction of sp³-hybridized carbons (Fsp3) is 0.348. The number of nitrogens with one attached hydrogen (secondary N) is 2. The lowest BCUT2D eigenvalue weighted by Gasteiger charge is -2.38. The number of rotatable bonds is 6. The number of aromatic amines is 1. The molecular weight excluding hydrogens is 367 g/mol. The predicted octanol–water partition coefficient (Wildman–Crippen LogP) is 3.18. The number of anilines is 1. The highest BCUT2D eigenvalue weighted by Crippen LogP contribution is 2.21. The van der Waals surface area contributed by atoms with E-state index in [0.717, 1.165) is 25.0 Å². The zero-order valence-corrected chi connectivity index (χ0v) is 16.7. The first kappa shape index (κ1) is 19.5. The van der Waals surface area contributed by atoms with E-state index in [1.165, 1.54) is 17.0 Å². The van der Waals surface area contributed by atoms with Gasteiger partial charge in [0.1, 0.15) is 5.82 Å². The number of carbonyl (C=O) groups is 1. The van der Waals surface area contributed by atoms with Crippen LogP contribution in [0.4, 0.5) is 10.1 Å². The monoisotopic (exact) mass is 394 g/mol. The van der Waals surface area contributed by atoms with Gasteiger partial charge >= 0.3 is 0 Å². The summed E-state index contributed by atoms with van der Waals surface area (Å²) in [6.07, 6.45) is 2.81. The molecule has 29 heavy (non-hydrogen) atoms. The molecule has 1 atom stereocenters.